The Bertz CT molecular complexity index is 891. The zero-order valence-electron chi connectivity index (χ0n) is 15.3. The van der Waals surface area contributed by atoms with Crippen molar-refractivity contribution < 1.29 is 18.9 Å². The van der Waals surface area contributed by atoms with Gasteiger partial charge in [0.25, 0.3) is 0 Å². The second-order valence-electron chi connectivity index (χ2n) is 5.32. The van der Waals surface area contributed by atoms with Crippen LogP contribution in [-0.4, -0.2) is 35.1 Å². The largest absolute Gasteiger partial charge is 0.606 e. The minimum Gasteiger partial charge on any atom is -0.606 e. The van der Waals surface area contributed by atoms with Gasteiger partial charge in [-0.3, -0.25) is 10.1 Å². The molecule has 0 aliphatic heterocycles. The van der Waals surface area contributed by atoms with Crippen LogP contribution in [0.2, 0.25) is 5.02 Å². The summed E-state index contributed by atoms with van der Waals surface area (Å²) in [4.78, 5) is 28.4. The second-order valence-corrected chi connectivity index (χ2v) is 8.03. The number of methoxy groups -OCH3 is 1. The van der Waals surface area contributed by atoms with Crippen molar-refractivity contribution in [2.75, 3.05) is 18.7 Å². The van der Waals surface area contributed by atoms with Gasteiger partial charge >= 0.3 is 6.09 Å². The third kappa shape index (κ3) is 6.16. The third-order valence-corrected chi connectivity index (χ3v) is 5.54. The lowest BCUT2D eigenvalue weighted by Crippen LogP contribution is -2.27. The topological polar surface area (TPSA) is 103 Å². The molecule has 10 heteroatoms. The van der Waals surface area contributed by atoms with Gasteiger partial charge in [-0.1, -0.05) is 23.4 Å². The van der Waals surface area contributed by atoms with Gasteiger partial charge in [0.05, 0.1) is 18.5 Å². The number of alkyl carbamates (subject to hydrolysis) is 1. The monoisotopic (exact) mass is 439 g/mol. The first-order chi connectivity index (χ1) is 13.3. The van der Waals surface area contributed by atoms with Gasteiger partial charge in [-0.15, -0.1) is 0 Å². The van der Waals surface area contributed by atoms with Crippen LogP contribution in [0.3, 0.4) is 0 Å². The van der Waals surface area contributed by atoms with E-state index in [1.807, 2.05) is 0 Å². The highest BCUT2D eigenvalue weighted by atomic mass is 35.5. The van der Waals surface area contributed by atoms with Crippen LogP contribution in [0.25, 0.3) is 0 Å². The van der Waals surface area contributed by atoms with Gasteiger partial charge in [0.1, 0.15) is 0 Å². The molecule has 0 saturated carbocycles. The molecule has 0 aromatic heterocycles. The van der Waals surface area contributed by atoms with Gasteiger partial charge < -0.3 is 14.6 Å². The summed E-state index contributed by atoms with van der Waals surface area (Å²) in [7, 11) is 1.25. The molecule has 0 aliphatic carbocycles. The highest BCUT2D eigenvalue weighted by molar-refractivity contribution is 8.13. The van der Waals surface area contributed by atoms with Gasteiger partial charge in [-0.2, -0.15) is 0 Å². The zero-order valence-corrected chi connectivity index (χ0v) is 17.7. The molecule has 0 saturated heterocycles. The fraction of sp³-hybridized carbons (Fsp3) is 0.167. The van der Waals surface area contributed by atoms with Crippen molar-refractivity contribution in [1.29, 1.82) is 0 Å². The van der Waals surface area contributed by atoms with Crippen LogP contribution in [0.1, 0.15) is 6.92 Å². The lowest BCUT2D eigenvalue weighted by molar-refractivity contribution is -0.114. The van der Waals surface area contributed by atoms with E-state index >= 15 is 0 Å². The molecule has 1 unspecified atom stereocenters. The maximum absolute atomic E-state index is 12.8. The molecule has 0 fully saturated rings. The number of ether oxygens (including phenoxy) is 1. The van der Waals surface area contributed by atoms with Crippen LogP contribution in [0.15, 0.2) is 57.2 Å². The van der Waals surface area contributed by atoms with Gasteiger partial charge in [0.2, 0.25) is 5.91 Å². The molecule has 2 rings (SSSR count). The van der Waals surface area contributed by atoms with Gasteiger partial charge in [-0.25, -0.2) is 9.79 Å². The Kier molecular flexibility index (Phi) is 8.18. The number of nitrogens with one attached hydrogen (secondary N) is 2. The summed E-state index contributed by atoms with van der Waals surface area (Å²) < 4.78 is 17.4. The van der Waals surface area contributed by atoms with E-state index in [0.29, 0.717) is 26.2 Å². The standard InChI is InChI=1S/C18H18ClN3O4S2/c1-11(23)20-16-10-14(28(25)13-6-4-12(19)5-7-13)8-9-15(16)21-17(27-3)22-18(24)26-2/h4-10H,1-3H3,(H,20,23)(H,21,22,24). The maximum Gasteiger partial charge on any atom is 0.412 e. The number of hydrogen-bond acceptors (Lipinski definition) is 6. The molecule has 2 amide bonds. The Morgan fingerprint density at radius 2 is 1.82 bits per heavy atom. The summed E-state index contributed by atoms with van der Waals surface area (Å²) in [5.74, 6) is -0.308. The summed E-state index contributed by atoms with van der Waals surface area (Å²) in [5.41, 5.74) is 0.762. The van der Waals surface area contributed by atoms with Crippen LogP contribution in [0, 0.1) is 0 Å². The predicted octanol–water partition coefficient (Wildman–Crippen LogP) is 4.17. The number of amidine groups is 1. The molecule has 0 aliphatic rings. The molecule has 28 heavy (non-hydrogen) atoms. The van der Waals surface area contributed by atoms with E-state index in [-0.39, 0.29) is 11.1 Å². The zero-order chi connectivity index (χ0) is 20.7. The van der Waals surface area contributed by atoms with Crippen LogP contribution in [-0.2, 0) is 20.7 Å². The molecule has 2 aromatic rings. The smallest absolute Gasteiger partial charge is 0.412 e. The number of anilines is 1. The number of amides is 2. The van der Waals surface area contributed by atoms with Crippen LogP contribution < -0.4 is 10.6 Å². The lowest BCUT2D eigenvalue weighted by atomic mass is 10.2. The molecule has 0 spiro atoms. The number of aliphatic imine (C=N–C) groups is 1. The minimum absolute atomic E-state index is 0.282. The molecule has 2 N–H and O–H groups in total. The van der Waals surface area contributed by atoms with E-state index in [0.717, 1.165) is 0 Å². The van der Waals surface area contributed by atoms with E-state index in [9.17, 15) is 14.1 Å². The SMILES string of the molecule is COC(=O)NC(=Nc1ccc([S+]([O-])c2ccc(Cl)cc2)cc1NC(C)=O)SC. The normalized spacial score (nSPS) is 12.2. The molecule has 1 atom stereocenters. The number of nitrogens with zero attached hydrogens (tertiary/aromatic N) is 1. The molecule has 0 radical (unpaired) electrons. The Morgan fingerprint density at radius 3 is 2.39 bits per heavy atom. The maximum atomic E-state index is 12.8. The highest BCUT2D eigenvalue weighted by Gasteiger charge is 2.18. The van der Waals surface area contributed by atoms with Crippen molar-refractivity contribution in [3.63, 3.8) is 0 Å². The number of hydrogen-bond donors (Lipinski definition) is 2. The molecule has 7 nitrogen and oxygen atoms in total. The lowest BCUT2D eigenvalue weighted by Gasteiger charge is -2.13. The van der Waals surface area contributed by atoms with E-state index in [2.05, 4.69) is 20.4 Å². The summed E-state index contributed by atoms with van der Waals surface area (Å²) in [6.07, 6.45) is 1.08. The highest BCUT2D eigenvalue weighted by Crippen LogP contribution is 2.31. The molecule has 0 bridgehead atoms. The van der Waals surface area contributed by atoms with Gasteiger partial charge in [0.15, 0.2) is 15.0 Å². The minimum atomic E-state index is -1.47. The average Bonchev–Trinajstić information content (AvgIpc) is 2.68. The van der Waals surface area contributed by atoms with Gasteiger partial charge in [-0.05, 0) is 42.7 Å². The van der Waals surface area contributed by atoms with E-state index in [4.69, 9.17) is 11.6 Å². The Labute approximate surface area is 175 Å². The second kappa shape index (κ2) is 10.4. The summed E-state index contributed by atoms with van der Waals surface area (Å²) >= 11 is 5.60. The fourth-order valence-corrected chi connectivity index (χ4v) is 3.66. The first kappa shape index (κ1) is 22.1. The molecule has 0 heterocycles. The molecular weight excluding hydrogens is 422 g/mol. The van der Waals surface area contributed by atoms with Crippen LogP contribution in [0.5, 0.6) is 0 Å². The van der Waals surface area contributed by atoms with E-state index in [1.54, 1.807) is 48.7 Å². The number of carbonyl (C=O) groups is 2. The van der Waals surface area contributed by atoms with Gasteiger partial charge in [0, 0.05) is 29.2 Å². The van der Waals surface area contributed by atoms with Crippen molar-refractivity contribution >= 4 is 63.1 Å². The van der Waals surface area contributed by atoms with Crippen molar-refractivity contribution in [3.8, 4) is 0 Å². The Hall–Kier alpha value is -2.20. The summed E-state index contributed by atoms with van der Waals surface area (Å²) in [5, 5.41) is 5.98. The van der Waals surface area contributed by atoms with Crippen molar-refractivity contribution in [2.45, 2.75) is 16.7 Å². The third-order valence-electron chi connectivity index (χ3n) is 3.33. The van der Waals surface area contributed by atoms with Crippen molar-refractivity contribution in [2.24, 2.45) is 4.99 Å². The Balaban J connectivity index is 2.40. The summed E-state index contributed by atoms with van der Waals surface area (Å²) in [6.45, 7) is 1.36. The quantitative estimate of drug-likeness (QED) is 0.422. The van der Waals surface area contributed by atoms with Crippen LogP contribution in [0.4, 0.5) is 16.2 Å². The van der Waals surface area contributed by atoms with E-state index in [1.165, 1.54) is 25.8 Å². The van der Waals surface area contributed by atoms with Crippen LogP contribution >= 0.6 is 23.4 Å². The number of thioether (sulfide) groups is 1. The van der Waals surface area contributed by atoms with Crippen molar-refractivity contribution in [3.05, 3.63) is 47.5 Å². The van der Waals surface area contributed by atoms with E-state index < -0.39 is 17.3 Å². The van der Waals surface area contributed by atoms with Crippen molar-refractivity contribution in [1.82, 2.24) is 5.32 Å². The summed E-state index contributed by atoms with van der Waals surface area (Å²) in [6, 6.07) is 11.5. The predicted molar refractivity (Wildman–Crippen MR) is 113 cm³/mol. The first-order valence-corrected chi connectivity index (χ1v) is 10.7. The molecule has 2 aromatic carbocycles. The molecular formula is C18H18ClN3O4S2. The Morgan fingerprint density at radius 1 is 1.18 bits per heavy atom. The number of benzene rings is 2. The number of rotatable bonds is 4. The number of halogens is 1. The molecule has 148 valence electrons. The first-order valence-electron chi connectivity index (χ1n) is 7.90. The fourth-order valence-electron chi connectivity index (χ4n) is 2.08. The number of carbonyl (C=O) groups excluding carboxylic acids is 2. The average molecular weight is 440 g/mol.